The van der Waals surface area contributed by atoms with Crippen molar-refractivity contribution in [3.63, 3.8) is 0 Å². The van der Waals surface area contributed by atoms with Gasteiger partial charge in [-0.2, -0.15) is 0 Å². The minimum absolute atomic E-state index is 0.938. The Bertz CT molecular complexity index is 550. The molecular weight excluding hydrogens is 192 g/mol. The molecule has 1 radical (unpaired) electrons. The van der Waals surface area contributed by atoms with Crippen LogP contribution in [0.5, 0.6) is 0 Å². The lowest BCUT2D eigenvalue weighted by atomic mass is 9.99. The van der Waals surface area contributed by atoms with Crippen LogP contribution < -0.4 is 0 Å². The molecule has 0 amide bonds. The van der Waals surface area contributed by atoms with Crippen LogP contribution in [0.15, 0.2) is 55.1 Å². The van der Waals surface area contributed by atoms with Gasteiger partial charge in [0.05, 0.1) is 0 Å². The second kappa shape index (κ2) is 3.64. The van der Waals surface area contributed by atoms with Crippen molar-refractivity contribution in [1.29, 1.82) is 0 Å². The molecular formula is C16H13. The second-order valence-corrected chi connectivity index (χ2v) is 4.10. The van der Waals surface area contributed by atoms with Crippen molar-refractivity contribution in [2.45, 2.75) is 6.42 Å². The van der Waals surface area contributed by atoms with Crippen LogP contribution in [0.1, 0.15) is 16.7 Å². The molecule has 3 rings (SSSR count). The van der Waals surface area contributed by atoms with Gasteiger partial charge in [0.1, 0.15) is 0 Å². The number of hydrogen-bond donors (Lipinski definition) is 0. The van der Waals surface area contributed by atoms with Crippen LogP contribution in [0.3, 0.4) is 0 Å². The number of fused-ring (bicyclic) bond motifs is 3. The number of hydrogen-bond acceptors (Lipinski definition) is 0. The zero-order chi connectivity index (χ0) is 11.0. The van der Waals surface area contributed by atoms with Gasteiger partial charge in [0.15, 0.2) is 0 Å². The quantitative estimate of drug-likeness (QED) is 0.555. The molecule has 1 aliphatic carbocycles. The summed E-state index contributed by atoms with van der Waals surface area (Å²) >= 11 is 0. The molecule has 77 valence electrons. The number of rotatable bonds is 2. The SMILES string of the molecule is C=CCc1cccc2c1[CH]c1ccccc1-2. The van der Waals surface area contributed by atoms with Crippen molar-refractivity contribution in [2.24, 2.45) is 0 Å². The lowest BCUT2D eigenvalue weighted by Crippen LogP contribution is -1.88. The standard InChI is InChI=1S/C16H13/c1-2-6-12-8-5-10-15-14-9-4-3-7-13(14)11-16(12)15/h2-5,7-11H,1,6H2. The molecule has 0 N–H and O–H groups in total. The summed E-state index contributed by atoms with van der Waals surface area (Å²) in [5, 5.41) is 0. The Balaban J connectivity index is 2.19. The predicted molar refractivity (Wildman–Crippen MR) is 68.3 cm³/mol. The van der Waals surface area contributed by atoms with Crippen molar-refractivity contribution < 1.29 is 0 Å². The summed E-state index contributed by atoms with van der Waals surface area (Å²) in [5.41, 5.74) is 6.76. The van der Waals surface area contributed by atoms with Crippen LogP contribution in [0, 0.1) is 6.42 Å². The van der Waals surface area contributed by atoms with Crippen molar-refractivity contribution in [3.8, 4) is 11.1 Å². The van der Waals surface area contributed by atoms with Gasteiger partial charge in [0.25, 0.3) is 0 Å². The third-order valence-electron chi connectivity index (χ3n) is 3.11. The van der Waals surface area contributed by atoms with E-state index in [1.807, 2.05) is 6.08 Å². The second-order valence-electron chi connectivity index (χ2n) is 4.10. The highest BCUT2D eigenvalue weighted by Gasteiger charge is 2.19. The van der Waals surface area contributed by atoms with Gasteiger partial charge in [0.2, 0.25) is 0 Å². The number of benzene rings is 2. The van der Waals surface area contributed by atoms with E-state index in [0.717, 1.165) is 6.42 Å². The molecule has 0 spiro atoms. The summed E-state index contributed by atoms with van der Waals surface area (Å²) in [4.78, 5) is 0. The van der Waals surface area contributed by atoms with Gasteiger partial charge in [-0.25, -0.2) is 0 Å². The highest BCUT2D eigenvalue weighted by atomic mass is 14.2. The van der Waals surface area contributed by atoms with Gasteiger partial charge >= 0.3 is 0 Å². The van der Waals surface area contributed by atoms with Crippen LogP contribution in [-0.4, -0.2) is 0 Å². The Labute approximate surface area is 96.3 Å². The van der Waals surface area contributed by atoms with Gasteiger partial charge in [-0.05, 0) is 34.2 Å². The van der Waals surface area contributed by atoms with Crippen LogP contribution in [0.4, 0.5) is 0 Å². The monoisotopic (exact) mass is 205 g/mol. The molecule has 0 saturated carbocycles. The smallest absolute Gasteiger partial charge is 0.0214 e. The molecule has 0 heterocycles. The van der Waals surface area contributed by atoms with E-state index in [0.29, 0.717) is 0 Å². The Morgan fingerprint density at radius 1 is 0.938 bits per heavy atom. The van der Waals surface area contributed by atoms with E-state index in [1.165, 1.54) is 27.8 Å². The maximum atomic E-state index is 3.82. The van der Waals surface area contributed by atoms with Crippen molar-refractivity contribution in [1.82, 2.24) is 0 Å². The molecule has 0 bridgehead atoms. The first-order valence-electron chi connectivity index (χ1n) is 5.57. The lowest BCUT2D eigenvalue weighted by molar-refractivity contribution is 1.25. The Kier molecular flexibility index (Phi) is 2.14. The topological polar surface area (TPSA) is 0 Å². The fraction of sp³-hybridized carbons (Fsp3) is 0.0625. The van der Waals surface area contributed by atoms with Gasteiger partial charge in [0, 0.05) is 6.42 Å². The minimum atomic E-state index is 0.938. The first-order chi connectivity index (χ1) is 7.90. The van der Waals surface area contributed by atoms with E-state index < -0.39 is 0 Å². The Hall–Kier alpha value is -1.82. The molecule has 1 aliphatic rings. The Morgan fingerprint density at radius 3 is 2.62 bits per heavy atom. The molecule has 2 aromatic rings. The van der Waals surface area contributed by atoms with Crippen LogP contribution in [0.25, 0.3) is 11.1 Å². The zero-order valence-corrected chi connectivity index (χ0v) is 9.11. The summed E-state index contributed by atoms with van der Waals surface area (Å²) in [6, 6.07) is 15.1. The third kappa shape index (κ3) is 1.30. The normalized spacial score (nSPS) is 12.0. The fourth-order valence-electron chi connectivity index (χ4n) is 2.38. The van der Waals surface area contributed by atoms with Crippen molar-refractivity contribution >= 4 is 0 Å². The van der Waals surface area contributed by atoms with Crippen LogP contribution in [-0.2, 0) is 6.42 Å². The summed E-state index contributed by atoms with van der Waals surface area (Å²) in [6.45, 7) is 3.82. The van der Waals surface area contributed by atoms with E-state index in [9.17, 15) is 0 Å². The summed E-state index contributed by atoms with van der Waals surface area (Å²) in [7, 11) is 0. The maximum absolute atomic E-state index is 3.82. The van der Waals surface area contributed by atoms with Crippen molar-refractivity contribution in [2.75, 3.05) is 0 Å². The summed E-state index contributed by atoms with van der Waals surface area (Å²) in [5.74, 6) is 0. The van der Waals surface area contributed by atoms with E-state index in [4.69, 9.17) is 0 Å². The fourth-order valence-corrected chi connectivity index (χ4v) is 2.38. The van der Waals surface area contributed by atoms with Crippen LogP contribution in [0.2, 0.25) is 0 Å². The lowest BCUT2D eigenvalue weighted by Gasteiger charge is -2.05. The first kappa shape index (κ1) is 9.41. The van der Waals surface area contributed by atoms with Crippen LogP contribution >= 0.6 is 0 Å². The maximum Gasteiger partial charge on any atom is 0.0214 e. The van der Waals surface area contributed by atoms with E-state index >= 15 is 0 Å². The average molecular weight is 205 g/mol. The molecule has 0 heteroatoms. The molecule has 0 saturated heterocycles. The molecule has 0 fully saturated rings. The molecule has 0 atom stereocenters. The Morgan fingerprint density at radius 2 is 1.75 bits per heavy atom. The average Bonchev–Trinajstić information content (AvgIpc) is 2.69. The highest BCUT2D eigenvalue weighted by molar-refractivity contribution is 5.82. The largest absolute Gasteiger partial charge is 0.103 e. The molecule has 16 heavy (non-hydrogen) atoms. The van der Waals surface area contributed by atoms with Gasteiger partial charge < -0.3 is 0 Å². The molecule has 2 aromatic carbocycles. The molecule has 0 nitrogen and oxygen atoms in total. The highest BCUT2D eigenvalue weighted by Crippen LogP contribution is 2.39. The third-order valence-corrected chi connectivity index (χ3v) is 3.11. The molecule has 0 aromatic heterocycles. The molecule has 0 aliphatic heterocycles. The van der Waals surface area contributed by atoms with E-state index in [1.54, 1.807) is 0 Å². The van der Waals surface area contributed by atoms with Gasteiger partial charge in [-0.3, -0.25) is 0 Å². The van der Waals surface area contributed by atoms with Gasteiger partial charge in [-0.15, -0.1) is 6.58 Å². The molecule has 0 unspecified atom stereocenters. The van der Waals surface area contributed by atoms with E-state index in [-0.39, 0.29) is 0 Å². The van der Waals surface area contributed by atoms with Gasteiger partial charge in [-0.1, -0.05) is 48.5 Å². The predicted octanol–water partition coefficient (Wildman–Crippen LogP) is 4.00. The van der Waals surface area contributed by atoms with E-state index in [2.05, 4.69) is 55.5 Å². The summed E-state index contributed by atoms with van der Waals surface area (Å²) < 4.78 is 0. The summed E-state index contributed by atoms with van der Waals surface area (Å²) in [6.07, 6.45) is 5.18. The van der Waals surface area contributed by atoms with Crippen molar-refractivity contribution in [3.05, 3.63) is 78.2 Å². The first-order valence-corrected chi connectivity index (χ1v) is 5.57. The zero-order valence-electron chi connectivity index (χ0n) is 9.11. The minimum Gasteiger partial charge on any atom is -0.103 e. The number of allylic oxidation sites excluding steroid dienone is 1.